The number of ether oxygens (including phenoxy) is 1. The molecule has 1 N–H and O–H groups in total. The molecule has 1 amide bonds. The van der Waals surface area contributed by atoms with Crippen molar-refractivity contribution in [3.8, 4) is 5.75 Å². The molecule has 3 rings (SSSR count). The molecule has 1 aliphatic heterocycles. The van der Waals surface area contributed by atoms with Crippen LogP contribution in [0.3, 0.4) is 0 Å². The zero-order valence-electron chi connectivity index (χ0n) is 11.9. The van der Waals surface area contributed by atoms with Gasteiger partial charge in [-0.2, -0.15) is 0 Å². The average molecular weight is 302 g/mol. The minimum atomic E-state index is -0.501. The van der Waals surface area contributed by atoms with Gasteiger partial charge >= 0.3 is 0 Å². The zero-order chi connectivity index (χ0) is 15.0. The molecular formula is C17H16ClNO2. The van der Waals surface area contributed by atoms with Crippen LogP contribution in [0.25, 0.3) is 0 Å². The van der Waals surface area contributed by atoms with Crippen LogP contribution in [0.2, 0.25) is 5.02 Å². The first kappa shape index (κ1) is 14.0. The molecule has 1 atom stereocenters. The van der Waals surface area contributed by atoms with Gasteiger partial charge in [0.1, 0.15) is 5.75 Å². The van der Waals surface area contributed by atoms with Crippen molar-refractivity contribution in [2.75, 3.05) is 5.32 Å². The number of carbonyl (C=O) groups excluding carboxylic acids is 1. The van der Waals surface area contributed by atoms with Crippen LogP contribution in [-0.4, -0.2) is 12.0 Å². The minimum Gasteiger partial charge on any atom is -0.480 e. The zero-order valence-corrected chi connectivity index (χ0v) is 12.7. The lowest BCUT2D eigenvalue weighted by Gasteiger charge is -2.15. The van der Waals surface area contributed by atoms with Gasteiger partial charge in [-0.1, -0.05) is 35.9 Å². The predicted molar refractivity (Wildman–Crippen MR) is 84.1 cm³/mol. The Morgan fingerprint density at radius 1 is 1.29 bits per heavy atom. The average Bonchev–Trinajstić information content (AvgIpc) is 2.86. The number of benzene rings is 2. The molecule has 0 fully saturated rings. The molecule has 0 aromatic heterocycles. The fourth-order valence-corrected chi connectivity index (χ4v) is 2.97. The Morgan fingerprint density at radius 3 is 2.76 bits per heavy atom. The summed E-state index contributed by atoms with van der Waals surface area (Å²) in [6.07, 6.45) is 0.0871. The molecule has 1 unspecified atom stereocenters. The molecule has 21 heavy (non-hydrogen) atoms. The lowest BCUT2D eigenvalue weighted by molar-refractivity contribution is -0.122. The van der Waals surface area contributed by atoms with Crippen LogP contribution in [0.1, 0.15) is 16.7 Å². The van der Waals surface area contributed by atoms with Crippen molar-refractivity contribution in [3.05, 3.63) is 58.1 Å². The highest BCUT2D eigenvalue weighted by molar-refractivity contribution is 6.34. The third kappa shape index (κ3) is 2.74. The lowest BCUT2D eigenvalue weighted by atomic mass is 10.1. The van der Waals surface area contributed by atoms with Crippen molar-refractivity contribution in [3.63, 3.8) is 0 Å². The first-order valence-electron chi connectivity index (χ1n) is 6.87. The Bertz CT molecular complexity index is 664. The van der Waals surface area contributed by atoms with Crippen molar-refractivity contribution >= 4 is 23.2 Å². The largest absolute Gasteiger partial charge is 0.480 e. The Kier molecular flexibility index (Phi) is 3.60. The first-order chi connectivity index (χ1) is 10.0. The van der Waals surface area contributed by atoms with E-state index in [1.165, 1.54) is 0 Å². The summed E-state index contributed by atoms with van der Waals surface area (Å²) in [7, 11) is 0. The fourth-order valence-electron chi connectivity index (χ4n) is 2.61. The normalized spacial score (nSPS) is 16.2. The maximum absolute atomic E-state index is 12.4. The second kappa shape index (κ2) is 5.41. The molecule has 2 aromatic rings. The van der Waals surface area contributed by atoms with Gasteiger partial charge in [-0.05, 0) is 42.7 Å². The number of carbonyl (C=O) groups is 1. The summed E-state index contributed by atoms with van der Waals surface area (Å²) < 4.78 is 5.69. The van der Waals surface area contributed by atoms with E-state index in [9.17, 15) is 4.79 Å². The highest BCUT2D eigenvalue weighted by Crippen LogP contribution is 2.31. The molecular weight excluding hydrogens is 286 g/mol. The van der Waals surface area contributed by atoms with Crippen LogP contribution in [0.15, 0.2) is 36.4 Å². The van der Waals surface area contributed by atoms with Crippen molar-refractivity contribution in [2.24, 2.45) is 0 Å². The standard InChI is InChI=1S/C17H16ClNO2/c1-10-7-11(2)16(13(18)8-10)19-17(20)15-9-12-5-3-4-6-14(12)21-15/h3-8,15H,9H2,1-2H3,(H,19,20). The summed E-state index contributed by atoms with van der Waals surface area (Å²) >= 11 is 6.22. The fraction of sp³-hybridized carbons (Fsp3) is 0.235. The molecule has 0 bridgehead atoms. The molecule has 0 spiro atoms. The number of amides is 1. The number of hydrogen-bond acceptors (Lipinski definition) is 2. The molecule has 108 valence electrons. The van der Waals surface area contributed by atoms with E-state index in [1.54, 1.807) is 0 Å². The number of fused-ring (bicyclic) bond motifs is 1. The smallest absolute Gasteiger partial charge is 0.265 e. The number of para-hydroxylation sites is 1. The van der Waals surface area contributed by atoms with Gasteiger partial charge in [0, 0.05) is 6.42 Å². The van der Waals surface area contributed by atoms with Gasteiger partial charge < -0.3 is 10.1 Å². The molecule has 2 aromatic carbocycles. The monoisotopic (exact) mass is 301 g/mol. The maximum atomic E-state index is 12.4. The molecule has 3 nitrogen and oxygen atoms in total. The lowest BCUT2D eigenvalue weighted by Crippen LogP contribution is -2.31. The number of anilines is 1. The van der Waals surface area contributed by atoms with Crippen LogP contribution in [0.5, 0.6) is 5.75 Å². The number of aryl methyl sites for hydroxylation is 2. The van der Waals surface area contributed by atoms with E-state index in [0.717, 1.165) is 22.4 Å². The highest BCUT2D eigenvalue weighted by atomic mass is 35.5. The van der Waals surface area contributed by atoms with E-state index in [-0.39, 0.29) is 5.91 Å². The Labute approximate surface area is 128 Å². The van der Waals surface area contributed by atoms with Crippen LogP contribution in [0, 0.1) is 13.8 Å². The second-order valence-electron chi connectivity index (χ2n) is 5.35. The van der Waals surface area contributed by atoms with Crippen molar-refractivity contribution in [1.29, 1.82) is 0 Å². The van der Waals surface area contributed by atoms with Gasteiger partial charge in [-0.3, -0.25) is 4.79 Å². The van der Waals surface area contributed by atoms with Crippen molar-refractivity contribution in [1.82, 2.24) is 0 Å². The van der Waals surface area contributed by atoms with Gasteiger partial charge in [-0.25, -0.2) is 0 Å². The summed E-state index contributed by atoms with van der Waals surface area (Å²) in [6.45, 7) is 3.90. The maximum Gasteiger partial charge on any atom is 0.265 e. The Hall–Kier alpha value is -2.00. The number of hydrogen-bond donors (Lipinski definition) is 1. The van der Waals surface area contributed by atoms with Crippen LogP contribution >= 0.6 is 11.6 Å². The molecule has 0 saturated carbocycles. The van der Waals surface area contributed by atoms with E-state index < -0.39 is 6.10 Å². The molecule has 0 radical (unpaired) electrons. The molecule has 0 aliphatic carbocycles. The summed E-state index contributed by atoms with van der Waals surface area (Å²) in [4.78, 5) is 12.4. The van der Waals surface area contributed by atoms with Gasteiger partial charge in [0.15, 0.2) is 6.10 Å². The Balaban J connectivity index is 1.77. The number of halogens is 1. The van der Waals surface area contributed by atoms with Crippen molar-refractivity contribution in [2.45, 2.75) is 26.4 Å². The molecule has 1 aliphatic rings. The quantitative estimate of drug-likeness (QED) is 0.913. The number of rotatable bonds is 2. The number of nitrogens with one attached hydrogen (secondary N) is 1. The third-order valence-electron chi connectivity index (χ3n) is 3.62. The summed E-state index contributed by atoms with van der Waals surface area (Å²) in [5.74, 6) is 0.615. The van der Waals surface area contributed by atoms with E-state index in [4.69, 9.17) is 16.3 Å². The van der Waals surface area contributed by atoms with Gasteiger partial charge in [0.05, 0.1) is 10.7 Å². The topological polar surface area (TPSA) is 38.3 Å². The van der Waals surface area contributed by atoms with Crippen LogP contribution in [0.4, 0.5) is 5.69 Å². The molecule has 1 heterocycles. The van der Waals surface area contributed by atoms with Crippen molar-refractivity contribution < 1.29 is 9.53 Å². The molecule has 4 heteroatoms. The summed E-state index contributed by atoms with van der Waals surface area (Å²) in [5, 5.41) is 3.44. The highest BCUT2D eigenvalue weighted by Gasteiger charge is 2.29. The SMILES string of the molecule is Cc1cc(C)c(NC(=O)C2Cc3ccccc3O2)c(Cl)c1. The first-order valence-corrected chi connectivity index (χ1v) is 7.24. The van der Waals surface area contributed by atoms with E-state index in [0.29, 0.717) is 17.1 Å². The van der Waals surface area contributed by atoms with Gasteiger partial charge in [0.2, 0.25) is 0 Å². The van der Waals surface area contributed by atoms with Crippen LogP contribution < -0.4 is 10.1 Å². The van der Waals surface area contributed by atoms with E-state index in [1.807, 2.05) is 50.2 Å². The van der Waals surface area contributed by atoms with Gasteiger partial charge in [-0.15, -0.1) is 0 Å². The van der Waals surface area contributed by atoms with E-state index in [2.05, 4.69) is 5.32 Å². The van der Waals surface area contributed by atoms with E-state index >= 15 is 0 Å². The van der Waals surface area contributed by atoms with Crippen LogP contribution in [-0.2, 0) is 11.2 Å². The third-order valence-corrected chi connectivity index (χ3v) is 3.92. The van der Waals surface area contributed by atoms with Gasteiger partial charge in [0.25, 0.3) is 5.91 Å². The summed E-state index contributed by atoms with van der Waals surface area (Å²) in [5.41, 5.74) is 3.74. The second-order valence-corrected chi connectivity index (χ2v) is 5.75. The minimum absolute atomic E-state index is 0.167. The predicted octanol–water partition coefficient (Wildman–Crippen LogP) is 3.90. The Morgan fingerprint density at radius 2 is 2.05 bits per heavy atom. The molecule has 0 saturated heterocycles. The summed E-state index contributed by atoms with van der Waals surface area (Å²) in [6, 6.07) is 11.5.